The first-order chi connectivity index (χ1) is 6.84. The number of hydrogen-bond acceptors (Lipinski definition) is 4. The van der Waals surface area contributed by atoms with Gasteiger partial charge in [-0.1, -0.05) is 0 Å². The molecule has 7 nitrogen and oxygen atoms in total. The monoisotopic (exact) mass is 217 g/mol. The van der Waals surface area contributed by atoms with Gasteiger partial charge in [-0.2, -0.15) is 0 Å². The Labute approximate surface area is 86.8 Å². The molecular weight excluding hydrogens is 202 g/mol. The molecule has 2 amide bonds. The molecule has 0 aromatic heterocycles. The SMILES string of the molecule is CC1NC1=O.NC(=O)CC[C@H](N)C(=O)O. The molecule has 0 saturated carbocycles. The second-order valence-corrected chi connectivity index (χ2v) is 3.18. The maximum Gasteiger partial charge on any atom is 0.320 e. The largest absolute Gasteiger partial charge is 0.480 e. The quantitative estimate of drug-likeness (QED) is 0.409. The van der Waals surface area contributed by atoms with E-state index in [4.69, 9.17) is 16.6 Å². The van der Waals surface area contributed by atoms with E-state index in [9.17, 15) is 14.4 Å². The fourth-order valence-corrected chi connectivity index (χ4v) is 0.593. The van der Waals surface area contributed by atoms with Gasteiger partial charge in [0, 0.05) is 6.42 Å². The van der Waals surface area contributed by atoms with E-state index in [0.717, 1.165) is 0 Å². The molecule has 1 heterocycles. The molecule has 1 saturated heterocycles. The smallest absolute Gasteiger partial charge is 0.320 e. The second-order valence-electron chi connectivity index (χ2n) is 3.18. The molecule has 86 valence electrons. The van der Waals surface area contributed by atoms with Crippen molar-refractivity contribution in [2.45, 2.75) is 31.8 Å². The maximum atomic E-state index is 10.1. The molecule has 1 fully saturated rings. The summed E-state index contributed by atoms with van der Waals surface area (Å²) in [4.78, 5) is 29.9. The summed E-state index contributed by atoms with van der Waals surface area (Å²) in [6.45, 7) is 1.84. The van der Waals surface area contributed by atoms with E-state index in [1.807, 2.05) is 6.92 Å². The molecule has 0 bridgehead atoms. The fraction of sp³-hybridized carbons (Fsp3) is 0.625. The summed E-state index contributed by atoms with van der Waals surface area (Å²) in [5.41, 5.74) is 9.81. The number of primary amides is 1. The van der Waals surface area contributed by atoms with Crippen molar-refractivity contribution in [3.05, 3.63) is 0 Å². The molecule has 1 rings (SSSR count). The molecule has 0 aromatic carbocycles. The molecule has 1 unspecified atom stereocenters. The average molecular weight is 217 g/mol. The van der Waals surface area contributed by atoms with Crippen LogP contribution in [-0.4, -0.2) is 35.0 Å². The molecule has 0 radical (unpaired) electrons. The Morgan fingerprint density at radius 1 is 1.60 bits per heavy atom. The van der Waals surface area contributed by atoms with Crippen LogP contribution in [0.4, 0.5) is 0 Å². The van der Waals surface area contributed by atoms with Crippen molar-refractivity contribution in [1.29, 1.82) is 0 Å². The van der Waals surface area contributed by atoms with E-state index >= 15 is 0 Å². The van der Waals surface area contributed by atoms with Crippen molar-refractivity contribution in [3.8, 4) is 0 Å². The molecule has 6 N–H and O–H groups in total. The van der Waals surface area contributed by atoms with Crippen LogP contribution in [0.2, 0.25) is 0 Å². The Morgan fingerprint density at radius 3 is 2.20 bits per heavy atom. The number of nitrogens with two attached hydrogens (primary N) is 2. The third-order valence-electron chi connectivity index (χ3n) is 1.69. The van der Waals surface area contributed by atoms with Crippen LogP contribution in [-0.2, 0) is 14.4 Å². The van der Waals surface area contributed by atoms with Gasteiger partial charge in [-0.25, -0.2) is 0 Å². The number of hydrogen-bond donors (Lipinski definition) is 4. The molecule has 0 aliphatic carbocycles. The zero-order chi connectivity index (χ0) is 12.0. The normalized spacial score (nSPS) is 19.3. The summed E-state index contributed by atoms with van der Waals surface area (Å²) in [6.07, 6.45) is 0.123. The standard InChI is InChI=1S/C5H10N2O3.C3H5NO/c6-3(5(9)10)1-2-4(7)8;1-2-3(5)4-2/h3H,1-2,6H2,(H2,7,8)(H,9,10);2H,1H3,(H,4,5)/t3-;/m0./s1. The summed E-state index contributed by atoms with van der Waals surface area (Å²) in [6, 6.07) is -0.817. The number of carboxylic acid groups (broad SMARTS) is 1. The van der Waals surface area contributed by atoms with Crippen molar-refractivity contribution in [3.63, 3.8) is 0 Å². The lowest BCUT2D eigenvalue weighted by atomic mass is 10.2. The molecule has 0 spiro atoms. The van der Waals surface area contributed by atoms with Gasteiger partial charge in [0.25, 0.3) is 0 Å². The second kappa shape index (κ2) is 5.97. The average Bonchev–Trinajstić information content (AvgIpc) is 2.76. The van der Waals surface area contributed by atoms with Crippen LogP contribution >= 0.6 is 0 Å². The Morgan fingerprint density at radius 2 is 2.00 bits per heavy atom. The van der Waals surface area contributed by atoms with Gasteiger partial charge in [0.15, 0.2) is 0 Å². The summed E-state index contributed by atoms with van der Waals surface area (Å²) in [5, 5.41) is 10.8. The molecular formula is C8H15N3O4. The first-order valence-electron chi connectivity index (χ1n) is 4.41. The number of carboxylic acids is 1. The highest BCUT2D eigenvalue weighted by Crippen LogP contribution is 1.93. The Balaban J connectivity index is 0.000000322. The number of carbonyl (C=O) groups excluding carboxylic acids is 2. The van der Waals surface area contributed by atoms with Gasteiger partial charge in [0.05, 0.1) is 0 Å². The van der Waals surface area contributed by atoms with E-state index in [-0.39, 0.29) is 24.8 Å². The van der Waals surface area contributed by atoms with E-state index in [1.54, 1.807) is 0 Å². The van der Waals surface area contributed by atoms with Crippen molar-refractivity contribution < 1.29 is 19.5 Å². The highest BCUT2D eigenvalue weighted by Gasteiger charge is 2.26. The zero-order valence-electron chi connectivity index (χ0n) is 8.40. The maximum absolute atomic E-state index is 10.1. The Hall–Kier alpha value is -1.63. The topological polar surface area (TPSA) is 145 Å². The van der Waals surface area contributed by atoms with Gasteiger partial charge < -0.3 is 21.9 Å². The minimum Gasteiger partial charge on any atom is -0.480 e. The van der Waals surface area contributed by atoms with Crippen LogP contribution in [0.25, 0.3) is 0 Å². The summed E-state index contributed by atoms with van der Waals surface area (Å²) in [5.74, 6) is -1.47. The van der Waals surface area contributed by atoms with Gasteiger partial charge >= 0.3 is 5.97 Å². The minimum absolute atomic E-state index is 0.0213. The lowest BCUT2D eigenvalue weighted by molar-refractivity contribution is -0.138. The van der Waals surface area contributed by atoms with Crippen LogP contribution in [0.1, 0.15) is 19.8 Å². The van der Waals surface area contributed by atoms with Crippen molar-refractivity contribution in [2.75, 3.05) is 0 Å². The van der Waals surface area contributed by atoms with Crippen LogP contribution in [0, 0.1) is 0 Å². The van der Waals surface area contributed by atoms with Gasteiger partial charge in [0.2, 0.25) is 11.8 Å². The molecule has 15 heavy (non-hydrogen) atoms. The first kappa shape index (κ1) is 13.4. The third-order valence-corrected chi connectivity index (χ3v) is 1.69. The molecule has 1 aliphatic rings. The van der Waals surface area contributed by atoms with Crippen molar-refractivity contribution in [1.82, 2.24) is 5.32 Å². The highest BCUT2D eigenvalue weighted by molar-refractivity contribution is 5.95. The van der Waals surface area contributed by atoms with Gasteiger partial charge in [0.1, 0.15) is 12.1 Å². The molecule has 1 aliphatic heterocycles. The van der Waals surface area contributed by atoms with Crippen LogP contribution in [0.3, 0.4) is 0 Å². The van der Waals surface area contributed by atoms with Crippen LogP contribution in [0.5, 0.6) is 0 Å². The van der Waals surface area contributed by atoms with E-state index in [0.29, 0.717) is 0 Å². The summed E-state index contributed by atoms with van der Waals surface area (Å²) < 4.78 is 0. The molecule has 2 atom stereocenters. The number of carbonyl (C=O) groups is 3. The first-order valence-corrected chi connectivity index (χ1v) is 4.41. The van der Waals surface area contributed by atoms with E-state index in [1.165, 1.54) is 0 Å². The number of amides is 2. The zero-order valence-corrected chi connectivity index (χ0v) is 8.40. The van der Waals surface area contributed by atoms with E-state index < -0.39 is 17.9 Å². The molecule has 0 aromatic rings. The highest BCUT2D eigenvalue weighted by atomic mass is 16.4. The van der Waals surface area contributed by atoms with Crippen molar-refractivity contribution >= 4 is 17.8 Å². The van der Waals surface area contributed by atoms with Crippen molar-refractivity contribution in [2.24, 2.45) is 11.5 Å². The predicted molar refractivity (Wildman–Crippen MR) is 51.6 cm³/mol. The van der Waals surface area contributed by atoms with Gasteiger partial charge in [-0.15, -0.1) is 0 Å². The lowest BCUT2D eigenvalue weighted by Crippen LogP contribution is -2.31. The van der Waals surface area contributed by atoms with Gasteiger partial charge in [-0.05, 0) is 13.3 Å². The minimum atomic E-state index is -1.11. The number of rotatable bonds is 4. The fourth-order valence-electron chi connectivity index (χ4n) is 0.593. The van der Waals surface area contributed by atoms with E-state index in [2.05, 4.69) is 5.32 Å². The van der Waals surface area contributed by atoms with Gasteiger partial charge in [-0.3, -0.25) is 14.4 Å². The summed E-state index contributed by atoms with van der Waals surface area (Å²) >= 11 is 0. The van der Waals surface area contributed by atoms with Crippen LogP contribution < -0.4 is 16.8 Å². The Kier molecular flexibility index (Phi) is 5.32. The predicted octanol–water partition coefficient (Wildman–Crippen LogP) is -1.83. The summed E-state index contributed by atoms with van der Waals surface area (Å²) in [7, 11) is 0. The van der Waals surface area contributed by atoms with Crippen LogP contribution in [0.15, 0.2) is 0 Å². The Bertz CT molecular complexity index is 267. The third kappa shape index (κ3) is 7.44. The lowest BCUT2D eigenvalue weighted by Gasteiger charge is -2.01. The molecule has 7 heteroatoms. The number of nitrogens with one attached hydrogen (secondary N) is 1. The number of aliphatic carboxylic acids is 1.